The molecule has 128 valence electrons. The van der Waals surface area contributed by atoms with Gasteiger partial charge in [-0.05, 0) is 73.9 Å². The van der Waals surface area contributed by atoms with Crippen molar-refractivity contribution in [2.24, 2.45) is 5.92 Å². The van der Waals surface area contributed by atoms with Gasteiger partial charge in [-0.25, -0.2) is 0 Å². The number of nitrogens with zero attached hydrogens (tertiary/aromatic N) is 1. The SMILES string of the molecule is Cc1cc(C)cc(-c2nccc3cc(CC4CCCC4)c(C)cc23)c1. The van der Waals surface area contributed by atoms with E-state index in [0.29, 0.717) is 0 Å². The van der Waals surface area contributed by atoms with E-state index in [1.807, 2.05) is 6.20 Å². The molecule has 1 aromatic heterocycles. The van der Waals surface area contributed by atoms with Gasteiger partial charge in [-0.15, -0.1) is 0 Å². The fourth-order valence-electron chi connectivity index (χ4n) is 4.46. The standard InChI is InChI=1S/C24H27N/c1-16-10-17(2)12-22(11-16)24-23-13-18(3)21(14-19-6-4-5-7-19)15-20(23)8-9-25-24/h8-13,15,19H,4-7,14H2,1-3H3. The zero-order valence-corrected chi connectivity index (χ0v) is 15.6. The van der Waals surface area contributed by atoms with Crippen molar-refractivity contribution < 1.29 is 0 Å². The monoisotopic (exact) mass is 329 g/mol. The van der Waals surface area contributed by atoms with Crippen LogP contribution in [-0.2, 0) is 6.42 Å². The van der Waals surface area contributed by atoms with E-state index in [-0.39, 0.29) is 0 Å². The summed E-state index contributed by atoms with van der Waals surface area (Å²) >= 11 is 0. The first-order valence-electron chi connectivity index (χ1n) is 9.57. The van der Waals surface area contributed by atoms with Gasteiger partial charge in [0.25, 0.3) is 0 Å². The Labute approximate surface area is 151 Å². The van der Waals surface area contributed by atoms with Gasteiger partial charge >= 0.3 is 0 Å². The van der Waals surface area contributed by atoms with Crippen molar-refractivity contribution in [2.45, 2.75) is 52.9 Å². The molecule has 1 aliphatic carbocycles. The van der Waals surface area contributed by atoms with E-state index in [0.717, 1.165) is 11.6 Å². The molecule has 1 heteroatoms. The van der Waals surface area contributed by atoms with Gasteiger partial charge in [-0.2, -0.15) is 0 Å². The molecule has 0 radical (unpaired) electrons. The third-order valence-corrected chi connectivity index (χ3v) is 5.70. The van der Waals surface area contributed by atoms with Crippen LogP contribution >= 0.6 is 0 Å². The van der Waals surface area contributed by atoms with Gasteiger partial charge in [0.1, 0.15) is 0 Å². The number of hydrogen-bond acceptors (Lipinski definition) is 1. The average molecular weight is 329 g/mol. The fraction of sp³-hybridized carbons (Fsp3) is 0.375. The Morgan fingerprint density at radius 1 is 0.920 bits per heavy atom. The van der Waals surface area contributed by atoms with E-state index in [1.54, 1.807) is 0 Å². The number of pyridine rings is 1. The number of hydrogen-bond donors (Lipinski definition) is 0. The lowest BCUT2D eigenvalue weighted by Gasteiger charge is -2.15. The molecule has 1 nitrogen and oxygen atoms in total. The fourth-order valence-corrected chi connectivity index (χ4v) is 4.46. The first kappa shape index (κ1) is 16.3. The highest BCUT2D eigenvalue weighted by Gasteiger charge is 2.17. The van der Waals surface area contributed by atoms with Crippen LogP contribution in [0.2, 0.25) is 0 Å². The zero-order chi connectivity index (χ0) is 17.4. The van der Waals surface area contributed by atoms with Crippen LogP contribution in [0.15, 0.2) is 42.6 Å². The second-order valence-corrected chi connectivity index (χ2v) is 7.89. The number of benzene rings is 2. The Morgan fingerprint density at radius 3 is 2.36 bits per heavy atom. The lowest BCUT2D eigenvalue weighted by Crippen LogP contribution is -2.01. The van der Waals surface area contributed by atoms with Crippen LogP contribution in [0, 0.1) is 26.7 Å². The van der Waals surface area contributed by atoms with E-state index in [2.05, 4.69) is 57.2 Å². The van der Waals surface area contributed by atoms with Gasteiger partial charge in [0, 0.05) is 17.1 Å². The van der Waals surface area contributed by atoms with E-state index in [1.165, 1.54) is 70.7 Å². The summed E-state index contributed by atoms with van der Waals surface area (Å²) < 4.78 is 0. The van der Waals surface area contributed by atoms with Gasteiger partial charge in [0.2, 0.25) is 0 Å². The Morgan fingerprint density at radius 2 is 1.64 bits per heavy atom. The molecule has 0 unspecified atom stereocenters. The summed E-state index contributed by atoms with van der Waals surface area (Å²) in [4.78, 5) is 4.73. The molecule has 1 fully saturated rings. The second kappa shape index (κ2) is 6.63. The summed E-state index contributed by atoms with van der Waals surface area (Å²) in [7, 11) is 0. The second-order valence-electron chi connectivity index (χ2n) is 7.89. The number of aryl methyl sites for hydroxylation is 3. The van der Waals surface area contributed by atoms with Gasteiger partial charge in [0.05, 0.1) is 5.69 Å². The Kier molecular flexibility index (Phi) is 4.33. The molecular weight excluding hydrogens is 302 g/mol. The van der Waals surface area contributed by atoms with Crippen molar-refractivity contribution in [3.8, 4) is 11.3 Å². The molecule has 0 bridgehead atoms. The molecule has 0 N–H and O–H groups in total. The van der Waals surface area contributed by atoms with Crippen LogP contribution in [0.25, 0.3) is 22.0 Å². The predicted molar refractivity (Wildman–Crippen MR) is 107 cm³/mol. The smallest absolute Gasteiger partial charge is 0.0780 e. The summed E-state index contributed by atoms with van der Waals surface area (Å²) in [5, 5.41) is 2.60. The maximum Gasteiger partial charge on any atom is 0.0780 e. The van der Waals surface area contributed by atoms with Gasteiger partial charge in [-0.1, -0.05) is 48.9 Å². The van der Waals surface area contributed by atoms with Gasteiger partial charge in [-0.3, -0.25) is 4.98 Å². The van der Waals surface area contributed by atoms with Crippen molar-refractivity contribution >= 4 is 10.8 Å². The first-order chi connectivity index (χ1) is 12.1. The lowest BCUT2D eigenvalue weighted by molar-refractivity contribution is 0.545. The molecular formula is C24H27N. The predicted octanol–water partition coefficient (Wildman–Crippen LogP) is 6.56. The molecule has 0 atom stereocenters. The topological polar surface area (TPSA) is 12.9 Å². The normalized spacial score (nSPS) is 15.2. The van der Waals surface area contributed by atoms with Crippen molar-refractivity contribution in [1.29, 1.82) is 0 Å². The van der Waals surface area contributed by atoms with E-state index in [4.69, 9.17) is 4.98 Å². The molecule has 2 aromatic carbocycles. The molecule has 1 heterocycles. The molecule has 0 aliphatic heterocycles. The lowest BCUT2D eigenvalue weighted by atomic mass is 9.91. The molecule has 25 heavy (non-hydrogen) atoms. The third kappa shape index (κ3) is 3.33. The average Bonchev–Trinajstić information content (AvgIpc) is 3.07. The molecule has 3 aromatic rings. The molecule has 0 amide bonds. The Hall–Kier alpha value is -2.15. The highest BCUT2D eigenvalue weighted by molar-refractivity contribution is 5.95. The third-order valence-electron chi connectivity index (χ3n) is 5.70. The highest BCUT2D eigenvalue weighted by Crippen LogP contribution is 2.33. The van der Waals surface area contributed by atoms with Crippen LogP contribution in [0.4, 0.5) is 0 Å². The molecule has 4 rings (SSSR count). The van der Waals surface area contributed by atoms with Crippen LogP contribution < -0.4 is 0 Å². The highest BCUT2D eigenvalue weighted by atomic mass is 14.7. The summed E-state index contributed by atoms with van der Waals surface area (Å²) in [6.07, 6.45) is 8.84. The number of rotatable bonds is 3. The van der Waals surface area contributed by atoms with Gasteiger partial charge in [0.15, 0.2) is 0 Å². The van der Waals surface area contributed by atoms with Crippen LogP contribution in [0.5, 0.6) is 0 Å². The minimum atomic E-state index is 0.886. The van der Waals surface area contributed by atoms with Crippen LogP contribution in [0.1, 0.15) is 47.9 Å². The van der Waals surface area contributed by atoms with E-state index >= 15 is 0 Å². The summed E-state index contributed by atoms with van der Waals surface area (Å²) in [6.45, 7) is 6.58. The number of aromatic nitrogens is 1. The van der Waals surface area contributed by atoms with E-state index < -0.39 is 0 Å². The largest absolute Gasteiger partial charge is 0.256 e. The van der Waals surface area contributed by atoms with Crippen molar-refractivity contribution in [3.05, 3.63) is 64.8 Å². The minimum absolute atomic E-state index is 0.886. The van der Waals surface area contributed by atoms with Crippen LogP contribution in [0.3, 0.4) is 0 Å². The van der Waals surface area contributed by atoms with Crippen molar-refractivity contribution in [3.63, 3.8) is 0 Å². The van der Waals surface area contributed by atoms with Gasteiger partial charge < -0.3 is 0 Å². The Balaban J connectivity index is 1.80. The molecule has 1 saturated carbocycles. The molecule has 1 aliphatic rings. The Bertz CT molecular complexity index is 897. The first-order valence-corrected chi connectivity index (χ1v) is 9.57. The summed E-state index contributed by atoms with van der Waals surface area (Å²) in [5.74, 6) is 0.886. The molecule has 0 spiro atoms. The van der Waals surface area contributed by atoms with Crippen molar-refractivity contribution in [2.75, 3.05) is 0 Å². The number of fused-ring (bicyclic) bond motifs is 1. The quantitative estimate of drug-likeness (QED) is 0.530. The van der Waals surface area contributed by atoms with Crippen molar-refractivity contribution in [1.82, 2.24) is 4.98 Å². The van der Waals surface area contributed by atoms with E-state index in [9.17, 15) is 0 Å². The maximum atomic E-state index is 4.73. The maximum absolute atomic E-state index is 4.73. The molecule has 0 saturated heterocycles. The van der Waals surface area contributed by atoms with Crippen LogP contribution in [-0.4, -0.2) is 4.98 Å². The zero-order valence-electron chi connectivity index (χ0n) is 15.6. The minimum Gasteiger partial charge on any atom is -0.256 e. The summed E-state index contributed by atoms with van der Waals surface area (Å²) in [6, 6.07) is 13.7. The summed E-state index contributed by atoms with van der Waals surface area (Å²) in [5.41, 5.74) is 7.87.